The van der Waals surface area contributed by atoms with Gasteiger partial charge in [0.1, 0.15) is 11.6 Å². The van der Waals surface area contributed by atoms with E-state index in [4.69, 9.17) is 16.3 Å². The lowest BCUT2D eigenvalue weighted by atomic mass is 10.2. The first-order chi connectivity index (χ1) is 12.3. The molecular weight excluding hydrogens is 336 g/mol. The number of benzene rings is 2. The second kappa shape index (κ2) is 8.35. The third kappa shape index (κ3) is 4.61. The number of para-hydroxylation sites is 1. The van der Waals surface area contributed by atoms with Gasteiger partial charge >= 0.3 is 0 Å². The van der Waals surface area contributed by atoms with Gasteiger partial charge < -0.3 is 15.4 Å². The van der Waals surface area contributed by atoms with Gasteiger partial charge in [0, 0.05) is 29.9 Å². The molecule has 2 N–H and O–H groups in total. The molecule has 0 amide bonds. The maximum Gasteiger partial charge on any atom is 0.224 e. The monoisotopic (exact) mass is 354 g/mol. The van der Waals surface area contributed by atoms with Crippen LogP contribution >= 0.6 is 11.6 Å². The third-order valence-corrected chi connectivity index (χ3v) is 4.07. The lowest BCUT2D eigenvalue weighted by Crippen LogP contribution is -2.07. The fourth-order valence-corrected chi connectivity index (χ4v) is 2.60. The quantitative estimate of drug-likeness (QED) is 0.660. The number of nitrogens with zero attached hydrogens (tertiary/aromatic N) is 2. The predicted molar refractivity (Wildman–Crippen MR) is 101 cm³/mol. The van der Waals surface area contributed by atoms with Crippen LogP contribution in [0.1, 0.15) is 11.1 Å². The van der Waals surface area contributed by atoms with Gasteiger partial charge in [-0.25, -0.2) is 4.98 Å². The molecule has 0 aliphatic carbocycles. The summed E-state index contributed by atoms with van der Waals surface area (Å²) in [7, 11) is 1.66. The minimum absolute atomic E-state index is 0.551. The first-order valence-corrected chi connectivity index (χ1v) is 8.30. The van der Waals surface area contributed by atoms with E-state index in [0.29, 0.717) is 19.0 Å². The van der Waals surface area contributed by atoms with Gasteiger partial charge in [0.2, 0.25) is 5.95 Å². The normalized spacial score (nSPS) is 10.3. The standard InChI is InChI=1S/C19H19ClN4O/c1-25-17-9-5-3-7-15(17)13-23-19-21-11-10-18(24-19)22-12-14-6-2-4-8-16(14)20/h2-11H,12-13H2,1H3,(H2,21,22,23,24). The van der Waals surface area contributed by atoms with Crippen molar-refractivity contribution in [1.29, 1.82) is 0 Å². The van der Waals surface area contributed by atoms with Gasteiger partial charge in [0.25, 0.3) is 0 Å². The first-order valence-electron chi connectivity index (χ1n) is 7.92. The van der Waals surface area contributed by atoms with Crippen LogP contribution in [0.25, 0.3) is 0 Å². The van der Waals surface area contributed by atoms with Crippen molar-refractivity contribution in [2.45, 2.75) is 13.1 Å². The summed E-state index contributed by atoms with van der Waals surface area (Å²) in [5, 5.41) is 7.21. The van der Waals surface area contributed by atoms with E-state index in [1.807, 2.05) is 54.6 Å². The zero-order valence-electron chi connectivity index (χ0n) is 13.9. The molecule has 0 saturated carbocycles. The first kappa shape index (κ1) is 17.0. The SMILES string of the molecule is COc1ccccc1CNc1nccc(NCc2ccccc2Cl)n1. The zero-order valence-corrected chi connectivity index (χ0v) is 14.6. The van der Waals surface area contributed by atoms with Crippen LogP contribution in [0.15, 0.2) is 60.8 Å². The van der Waals surface area contributed by atoms with E-state index < -0.39 is 0 Å². The van der Waals surface area contributed by atoms with Crippen molar-refractivity contribution >= 4 is 23.4 Å². The van der Waals surface area contributed by atoms with Gasteiger partial charge in [0.05, 0.1) is 7.11 Å². The average Bonchev–Trinajstić information content (AvgIpc) is 2.66. The van der Waals surface area contributed by atoms with Gasteiger partial charge in [-0.05, 0) is 23.8 Å². The summed E-state index contributed by atoms with van der Waals surface area (Å²) in [5.41, 5.74) is 2.06. The number of aromatic nitrogens is 2. The Morgan fingerprint density at radius 2 is 1.64 bits per heavy atom. The lowest BCUT2D eigenvalue weighted by Gasteiger charge is -2.11. The molecule has 2 aromatic carbocycles. The maximum absolute atomic E-state index is 6.17. The van der Waals surface area contributed by atoms with Crippen LogP contribution in [-0.2, 0) is 13.1 Å². The summed E-state index contributed by atoms with van der Waals surface area (Å²) < 4.78 is 5.35. The number of ether oxygens (including phenoxy) is 1. The highest BCUT2D eigenvalue weighted by molar-refractivity contribution is 6.31. The highest BCUT2D eigenvalue weighted by atomic mass is 35.5. The molecule has 0 aliphatic heterocycles. The van der Waals surface area contributed by atoms with Crippen molar-refractivity contribution in [1.82, 2.24) is 9.97 Å². The van der Waals surface area contributed by atoms with Crippen molar-refractivity contribution in [3.8, 4) is 5.75 Å². The van der Waals surface area contributed by atoms with Gasteiger partial charge in [0.15, 0.2) is 0 Å². The number of halogens is 1. The number of rotatable bonds is 7. The largest absolute Gasteiger partial charge is 0.496 e. The van der Waals surface area contributed by atoms with E-state index in [-0.39, 0.29) is 0 Å². The zero-order chi connectivity index (χ0) is 17.5. The summed E-state index contributed by atoms with van der Waals surface area (Å²) in [6, 6.07) is 17.4. The highest BCUT2D eigenvalue weighted by Gasteiger charge is 2.04. The molecule has 6 heteroatoms. The van der Waals surface area contributed by atoms with Crippen molar-refractivity contribution in [2.75, 3.05) is 17.7 Å². The highest BCUT2D eigenvalue weighted by Crippen LogP contribution is 2.19. The molecule has 128 valence electrons. The van der Waals surface area contributed by atoms with Gasteiger partial charge in [-0.1, -0.05) is 48.0 Å². The summed E-state index contributed by atoms with van der Waals surface area (Å²) >= 11 is 6.17. The van der Waals surface area contributed by atoms with E-state index in [0.717, 1.165) is 27.7 Å². The summed E-state index contributed by atoms with van der Waals surface area (Å²) in [6.07, 6.45) is 1.71. The number of hydrogen-bond donors (Lipinski definition) is 2. The molecule has 0 unspecified atom stereocenters. The molecule has 1 heterocycles. The van der Waals surface area contributed by atoms with E-state index in [1.54, 1.807) is 13.3 Å². The smallest absolute Gasteiger partial charge is 0.224 e. The van der Waals surface area contributed by atoms with Crippen LogP contribution in [0, 0.1) is 0 Å². The minimum Gasteiger partial charge on any atom is -0.496 e. The van der Waals surface area contributed by atoms with E-state index in [2.05, 4.69) is 20.6 Å². The van der Waals surface area contributed by atoms with Gasteiger partial charge in [-0.15, -0.1) is 0 Å². The number of anilines is 2. The number of hydrogen-bond acceptors (Lipinski definition) is 5. The molecular formula is C19H19ClN4O. The van der Waals surface area contributed by atoms with E-state index in [9.17, 15) is 0 Å². The van der Waals surface area contributed by atoms with Crippen molar-refractivity contribution < 1.29 is 4.74 Å². The molecule has 3 rings (SSSR count). The van der Waals surface area contributed by atoms with Crippen LogP contribution in [-0.4, -0.2) is 17.1 Å². The van der Waals surface area contributed by atoms with Gasteiger partial charge in [-0.2, -0.15) is 4.98 Å². The summed E-state index contributed by atoms with van der Waals surface area (Å²) in [4.78, 5) is 8.72. The number of methoxy groups -OCH3 is 1. The summed E-state index contributed by atoms with van der Waals surface area (Å²) in [5.74, 6) is 2.12. The molecule has 0 spiro atoms. The molecule has 0 atom stereocenters. The Balaban J connectivity index is 1.62. The topological polar surface area (TPSA) is 59.1 Å². The third-order valence-electron chi connectivity index (χ3n) is 3.70. The van der Waals surface area contributed by atoms with Crippen LogP contribution in [0.5, 0.6) is 5.75 Å². The molecule has 1 aromatic heterocycles. The predicted octanol–water partition coefficient (Wildman–Crippen LogP) is 4.36. The fraction of sp³-hybridized carbons (Fsp3) is 0.158. The Morgan fingerprint density at radius 1 is 0.920 bits per heavy atom. The van der Waals surface area contributed by atoms with E-state index in [1.165, 1.54) is 0 Å². The Hall–Kier alpha value is -2.79. The lowest BCUT2D eigenvalue weighted by molar-refractivity contribution is 0.410. The van der Waals surface area contributed by atoms with Gasteiger partial charge in [-0.3, -0.25) is 0 Å². The maximum atomic E-state index is 6.17. The summed E-state index contributed by atoms with van der Waals surface area (Å²) in [6.45, 7) is 1.18. The molecule has 0 aliphatic rings. The second-order valence-corrected chi connectivity index (χ2v) is 5.78. The molecule has 0 saturated heterocycles. The minimum atomic E-state index is 0.551. The van der Waals surface area contributed by atoms with Crippen LogP contribution in [0.4, 0.5) is 11.8 Å². The molecule has 0 fully saturated rings. The Labute approximate surface area is 152 Å². The molecule has 0 radical (unpaired) electrons. The molecule has 25 heavy (non-hydrogen) atoms. The van der Waals surface area contributed by atoms with Crippen molar-refractivity contribution in [2.24, 2.45) is 0 Å². The Kier molecular flexibility index (Phi) is 5.69. The average molecular weight is 355 g/mol. The molecule has 5 nitrogen and oxygen atoms in total. The van der Waals surface area contributed by atoms with Crippen molar-refractivity contribution in [3.05, 3.63) is 76.9 Å². The van der Waals surface area contributed by atoms with E-state index >= 15 is 0 Å². The second-order valence-electron chi connectivity index (χ2n) is 5.38. The fourth-order valence-electron chi connectivity index (χ4n) is 2.39. The van der Waals surface area contributed by atoms with Crippen molar-refractivity contribution in [3.63, 3.8) is 0 Å². The van der Waals surface area contributed by atoms with Crippen LogP contribution < -0.4 is 15.4 Å². The number of nitrogens with one attached hydrogen (secondary N) is 2. The van der Waals surface area contributed by atoms with Crippen LogP contribution in [0.2, 0.25) is 5.02 Å². The Morgan fingerprint density at radius 3 is 2.44 bits per heavy atom. The Bertz CT molecular complexity index is 841. The molecule has 0 bridgehead atoms. The van der Waals surface area contributed by atoms with Crippen LogP contribution in [0.3, 0.4) is 0 Å². The molecule has 3 aromatic rings.